The molecule has 23 heavy (non-hydrogen) atoms. The van der Waals surface area contributed by atoms with Crippen LogP contribution in [0.4, 0.5) is 0 Å². The van der Waals surface area contributed by atoms with E-state index >= 15 is 0 Å². The number of hydrogen-bond acceptors (Lipinski definition) is 2. The fourth-order valence-electron chi connectivity index (χ4n) is 2.47. The lowest BCUT2D eigenvalue weighted by molar-refractivity contribution is 0.640. The fourth-order valence-corrected chi connectivity index (χ4v) is 2.73. The number of benzene rings is 2. The Morgan fingerprint density at radius 2 is 1.74 bits per heavy atom. The number of halogens is 1. The molecule has 0 fully saturated rings. The van der Waals surface area contributed by atoms with Crippen molar-refractivity contribution in [3.63, 3.8) is 0 Å². The van der Waals surface area contributed by atoms with Gasteiger partial charge in [-0.1, -0.05) is 51.8 Å². The second-order valence-electron chi connectivity index (χ2n) is 5.65. The maximum Gasteiger partial charge on any atom is 0.267 e. The van der Waals surface area contributed by atoms with Crippen LogP contribution in [0.5, 0.6) is 0 Å². The molecule has 116 valence electrons. The van der Waals surface area contributed by atoms with Gasteiger partial charge in [0.25, 0.3) is 5.56 Å². The first-order valence-electron chi connectivity index (χ1n) is 7.43. The van der Waals surface area contributed by atoms with Crippen molar-refractivity contribution in [3.05, 3.63) is 86.1 Å². The van der Waals surface area contributed by atoms with Crippen molar-refractivity contribution < 1.29 is 0 Å². The monoisotopic (exact) mass is 368 g/mol. The van der Waals surface area contributed by atoms with Crippen LogP contribution in [0.15, 0.2) is 63.9 Å². The summed E-state index contributed by atoms with van der Waals surface area (Å²) in [7, 11) is 0. The van der Waals surface area contributed by atoms with Gasteiger partial charge in [-0.15, -0.1) is 0 Å². The third kappa shape index (κ3) is 3.59. The summed E-state index contributed by atoms with van der Waals surface area (Å²) in [6.07, 6.45) is 0. The van der Waals surface area contributed by atoms with Crippen LogP contribution in [0.1, 0.15) is 16.7 Å². The number of hydrogen-bond donors (Lipinski definition) is 0. The van der Waals surface area contributed by atoms with Crippen LogP contribution < -0.4 is 5.56 Å². The van der Waals surface area contributed by atoms with Gasteiger partial charge in [0.15, 0.2) is 0 Å². The first-order valence-corrected chi connectivity index (χ1v) is 8.22. The summed E-state index contributed by atoms with van der Waals surface area (Å²) >= 11 is 3.43. The molecule has 2 aromatic carbocycles. The van der Waals surface area contributed by atoms with Crippen LogP contribution in [0.2, 0.25) is 0 Å². The summed E-state index contributed by atoms with van der Waals surface area (Å²) in [4.78, 5) is 12.2. The normalized spacial score (nSPS) is 10.7. The highest BCUT2D eigenvalue weighted by atomic mass is 79.9. The summed E-state index contributed by atoms with van der Waals surface area (Å²) < 4.78 is 2.55. The molecule has 0 atom stereocenters. The average molecular weight is 369 g/mol. The average Bonchev–Trinajstić information content (AvgIpc) is 2.54. The highest BCUT2D eigenvalue weighted by Crippen LogP contribution is 2.19. The molecule has 1 heterocycles. The van der Waals surface area contributed by atoms with E-state index in [2.05, 4.69) is 53.1 Å². The Bertz CT molecular complexity index is 898. The molecule has 0 aliphatic heterocycles. The second-order valence-corrected chi connectivity index (χ2v) is 6.57. The molecule has 0 spiro atoms. The zero-order chi connectivity index (χ0) is 16.4. The standard InChI is InChI=1S/C19H17BrN2O/c1-13-3-4-14(2)16(11-13)12-22-19(23)10-9-18(21-22)15-5-7-17(20)8-6-15/h3-11H,12H2,1-2H3. The first-order chi connectivity index (χ1) is 11.0. The molecule has 3 aromatic rings. The Morgan fingerprint density at radius 3 is 2.48 bits per heavy atom. The molecule has 0 amide bonds. The second kappa shape index (κ2) is 6.50. The molecule has 3 nitrogen and oxygen atoms in total. The summed E-state index contributed by atoms with van der Waals surface area (Å²) in [6.45, 7) is 4.59. The van der Waals surface area contributed by atoms with E-state index in [1.807, 2.05) is 24.3 Å². The summed E-state index contributed by atoms with van der Waals surface area (Å²) in [5.74, 6) is 0. The summed E-state index contributed by atoms with van der Waals surface area (Å²) in [5, 5.41) is 4.53. The van der Waals surface area contributed by atoms with Crippen LogP contribution in [0, 0.1) is 13.8 Å². The first kappa shape index (κ1) is 15.7. The summed E-state index contributed by atoms with van der Waals surface area (Å²) in [5.41, 5.74) is 5.16. The molecule has 4 heteroatoms. The van der Waals surface area contributed by atoms with Crippen LogP contribution in [0.25, 0.3) is 11.3 Å². The molecule has 0 aliphatic carbocycles. The van der Waals surface area contributed by atoms with E-state index in [4.69, 9.17) is 0 Å². The van der Waals surface area contributed by atoms with Gasteiger partial charge in [-0.3, -0.25) is 4.79 Å². The van der Waals surface area contributed by atoms with Crippen molar-refractivity contribution in [3.8, 4) is 11.3 Å². The minimum absolute atomic E-state index is 0.0910. The van der Waals surface area contributed by atoms with Crippen LogP contribution in [0.3, 0.4) is 0 Å². The number of aromatic nitrogens is 2. The van der Waals surface area contributed by atoms with Crippen molar-refractivity contribution in [1.29, 1.82) is 0 Å². The van der Waals surface area contributed by atoms with Crippen molar-refractivity contribution in [2.24, 2.45) is 0 Å². The fraction of sp³-hybridized carbons (Fsp3) is 0.158. The minimum Gasteiger partial charge on any atom is -0.268 e. The van der Waals surface area contributed by atoms with E-state index in [1.54, 1.807) is 12.1 Å². The Labute approximate surface area is 143 Å². The quantitative estimate of drug-likeness (QED) is 0.689. The molecule has 0 saturated heterocycles. The maximum absolute atomic E-state index is 12.2. The highest BCUT2D eigenvalue weighted by molar-refractivity contribution is 9.10. The van der Waals surface area contributed by atoms with Gasteiger partial charge in [0, 0.05) is 16.1 Å². The third-order valence-electron chi connectivity index (χ3n) is 3.83. The van der Waals surface area contributed by atoms with E-state index in [9.17, 15) is 4.79 Å². The van der Waals surface area contributed by atoms with Crippen molar-refractivity contribution in [2.45, 2.75) is 20.4 Å². The predicted molar refractivity (Wildman–Crippen MR) is 96.7 cm³/mol. The zero-order valence-corrected chi connectivity index (χ0v) is 14.7. The molecular formula is C19H17BrN2O. The molecule has 0 N–H and O–H groups in total. The molecular weight excluding hydrogens is 352 g/mol. The van der Waals surface area contributed by atoms with Crippen molar-refractivity contribution in [2.75, 3.05) is 0 Å². The van der Waals surface area contributed by atoms with Gasteiger partial charge in [-0.25, -0.2) is 4.68 Å². The van der Waals surface area contributed by atoms with Gasteiger partial charge in [-0.2, -0.15) is 5.10 Å². The molecule has 1 aromatic heterocycles. The molecule has 0 saturated carbocycles. The van der Waals surface area contributed by atoms with Gasteiger partial charge >= 0.3 is 0 Å². The lowest BCUT2D eigenvalue weighted by Crippen LogP contribution is -2.23. The van der Waals surface area contributed by atoms with E-state index in [0.29, 0.717) is 6.54 Å². The molecule has 0 radical (unpaired) electrons. The van der Waals surface area contributed by atoms with Crippen molar-refractivity contribution in [1.82, 2.24) is 9.78 Å². The number of aryl methyl sites for hydroxylation is 2. The van der Waals surface area contributed by atoms with Gasteiger partial charge in [0.05, 0.1) is 12.2 Å². The molecule has 0 bridgehead atoms. The van der Waals surface area contributed by atoms with Crippen LogP contribution in [-0.2, 0) is 6.54 Å². The van der Waals surface area contributed by atoms with E-state index in [-0.39, 0.29) is 5.56 Å². The van der Waals surface area contributed by atoms with Crippen molar-refractivity contribution >= 4 is 15.9 Å². The topological polar surface area (TPSA) is 34.9 Å². The summed E-state index contributed by atoms with van der Waals surface area (Å²) in [6, 6.07) is 17.5. The Hall–Kier alpha value is -2.20. The number of nitrogens with zero attached hydrogens (tertiary/aromatic N) is 2. The van der Waals surface area contributed by atoms with E-state index in [1.165, 1.54) is 15.8 Å². The van der Waals surface area contributed by atoms with Gasteiger partial charge in [0.1, 0.15) is 0 Å². The van der Waals surface area contributed by atoms with Gasteiger partial charge in [0.2, 0.25) is 0 Å². The predicted octanol–water partition coefficient (Wildman–Crippen LogP) is 4.34. The Morgan fingerprint density at radius 1 is 1.00 bits per heavy atom. The van der Waals surface area contributed by atoms with Gasteiger partial charge in [-0.05, 0) is 43.2 Å². The number of rotatable bonds is 3. The molecule has 3 rings (SSSR count). The largest absolute Gasteiger partial charge is 0.268 e. The zero-order valence-electron chi connectivity index (χ0n) is 13.1. The SMILES string of the molecule is Cc1ccc(C)c(Cn2nc(-c3ccc(Br)cc3)ccc2=O)c1. The maximum atomic E-state index is 12.2. The molecule has 0 unspecified atom stereocenters. The van der Waals surface area contributed by atoms with Gasteiger partial charge < -0.3 is 0 Å². The lowest BCUT2D eigenvalue weighted by Gasteiger charge is -2.10. The van der Waals surface area contributed by atoms with Crippen LogP contribution >= 0.6 is 15.9 Å². The van der Waals surface area contributed by atoms with E-state index < -0.39 is 0 Å². The Balaban J connectivity index is 1.99. The lowest BCUT2D eigenvalue weighted by atomic mass is 10.1. The van der Waals surface area contributed by atoms with Crippen LogP contribution in [-0.4, -0.2) is 9.78 Å². The smallest absolute Gasteiger partial charge is 0.267 e. The third-order valence-corrected chi connectivity index (χ3v) is 4.36. The highest BCUT2D eigenvalue weighted by Gasteiger charge is 2.06. The molecule has 0 aliphatic rings. The minimum atomic E-state index is -0.0910. The Kier molecular flexibility index (Phi) is 4.44. The van der Waals surface area contributed by atoms with E-state index in [0.717, 1.165) is 21.3 Å².